The molecule has 0 saturated heterocycles. The van der Waals surface area contributed by atoms with E-state index in [2.05, 4.69) is 14.6 Å². The molecule has 0 N–H and O–H groups in total. The molecule has 0 spiro atoms. The van der Waals surface area contributed by atoms with Gasteiger partial charge in [-0.15, -0.1) is 5.10 Å². The van der Waals surface area contributed by atoms with E-state index in [1.165, 1.54) is 0 Å². The van der Waals surface area contributed by atoms with Gasteiger partial charge in [-0.05, 0) is 28.9 Å². The largest absolute Gasteiger partial charge is 0.288 e. The minimum absolute atomic E-state index is 0.0256. The maximum Gasteiger partial charge on any atom is 0.207 e. The smallest absolute Gasteiger partial charge is 0.207 e. The first kappa shape index (κ1) is 12.9. The predicted octanol–water partition coefficient (Wildman–Crippen LogP) is 3.44. The number of benzene rings is 1. The number of nitrogens with zero attached hydrogens (tertiary/aromatic N) is 3. The zero-order valence-corrected chi connectivity index (χ0v) is 12.0. The molecular weight excluding hydrogens is 270 g/mol. The number of hydrogen-bond donors (Lipinski definition) is 0. The van der Waals surface area contributed by atoms with Gasteiger partial charge in [-0.25, -0.2) is 0 Å². The number of fused-ring (bicyclic) bond motifs is 1. The van der Waals surface area contributed by atoms with Gasteiger partial charge in [-0.1, -0.05) is 36.5 Å². The summed E-state index contributed by atoms with van der Waals surface area (Å²) in [6.07, 6.45) is 3.45. The van der Waals surface area contributed by atoms with Crippen molar-refractivity contribution in [2.75, 3.05) is 0 Å². The van der Waals surface area contributed by atoms with Crippen LogP contribution in [0, 0.1) is 0 Å². The van der Waals surface area contributed by atoms with E-state index in [0.717, 1.165) is 28.0 Å². The summed E-state index contributed by atoms with van der Waals surface area (Å²) in [5.41, 5.74) is 1.42. The summed E-state index contributed by atoms with van der Waals surface area (Å²) in [7, 11) is 0. The monoisotopic (exact) mass is 283 g/mol. The molecule has 0 atom stereocenters. The third-order valence-electron chi connectivity index (χ3n) is 3.19. The van der Waals surface area contributed by atoms with E-state index in [9.17, 15) is 4.79 Å². The normalized spacial score (nSPS) is 11.2. The number of ketones is 1. The highest BCUT2D eigenvalue weighted by molar-refractivity contribution is 7.08. The van der Waals surface area contributed by atoms with Crippen molar-refractivity contribution in [1.29, 1.82) is 0 Å². The molecule has 0 aliphatic carbocycles. The number of carbonyl (C=O) groups is 1. The fourth-order valence-electron chi connectivity index (χ4n) is 2.17. The van der Waals surface area contributed by atoms with Crippen molar-refractivity contribution in [1.82, 2.24) is 14.6 Å². The maximum absolute atomic E-state index is 12.7. The fourth-order valence-corrected chi connectivity index (χ4v) is 2.94. The van der Waals surface area contributed by atoms with Crippen molar-refractivity contribution < 1.29 is 4.79 Å². The summed E-state index contributed by atoms with van der Waals surface area (Å²) >= 11 is 1.16. The lowest BCUT2D eigenvalue weighted by Crippen LogP contribution is -2.05. The van der Waals surface area contributed by atoms with E-state index < -0.39 is 0 Å². The second-order valence-corrected chi connectivity index (χ2v) is 5.63. The van der Waals surface area contributed by atoms with Crippen LogP contribution in [0.2, 0.25) is 0 Å². The van der Waals surface area contributed by atoms with Crippen LogP contribution in [0.4, 0.5) is 0 Å². The lowest BCUT2D eigenvalue weighted by Gasteiger charge is -2.06. The molecule has 0 radical (unpaired) electrons. The third kappa shape index (κ3) is 2.10. The second kappa shape index (κ2) is 5.09. The van der Waals surface area contributed by atoms with Crippen LogP contribution in [0.3, 0.4) is 0 Å². The summed E-state index contributed by atoms with van der Waals surface area (Å²) in [6, 6.07) is 7.59. The van der Waals surface area contributed by atoms with E-state index in [1.807, 2.05) is 38.1 Å². The van der Waals surface area contributed by atoms with Crippen molar-refractivity contribution in [3.05, 3.63) is 52.8 Å². The Morgan fingerprint density at radius 3 is 2.90 bits per heavy atom. The van der Waals surface area contributed by atoms with Gasteiger partial charge >= 0.3 is 0 Å². The van der Waals surface area contributed by atoms with Crippen molar-refractivity contribution in [2.24, 2.45) is 0 Å². The molecule has 0 bridgehead atoms. The molecule has 3 rings (SSSR count). The van der Waals surface area contributed by atoms with Gasteiger partial charge in [0.15, 0.2) is 0 Å². The molecular formula is C15H13N3OS. The number of carbonyl (C=O) groups excluding carboxylic acids is 1. The van der Waals surface area contributed by atoms with E-state index in [0.29, 0.717) is 10.4 Å². The topological polar surface area (TPSA) is 55.7 Å². The second-order valence-electron chi connectivity index (χ2n) is 4.87. The molecule has 0 aliphatic rings. The standard InChI is InChI=1S/C15H13N3OS/c1-9(2)13-15(20-18-17-13)14(19)11-5-3-4-10-6-7-16-8-12(10)11/h3-9H,1-2H3. The molecule has 0 unspecified atom stereocenters. The number of hydrogen-bond acceptors (Lipinski definition) is 5. The minimum atomic E-state index is -0.0256. The van der Waals surface area contributed by atoms with Crippen LogP contribution >= 0.6 is 11.5 Å². The van der Waals surface area contributed by atoms with Gasteiger partial charge in [0.2, 0.25) is 5.78 Å². The van der Waals surface area contributed by atoms with Crippen LogP contribution in [0.25, 0.3) is 10.8 Å². The zero-order valence-electron chi connectivity index (χ0n) is 11.2. The van der Waals surface area contributed by atoms with Gasteiger partial charge in [0.25, 0.3) is 0 Å². The van der Waals surface area contributed by atoms with Crippen molar-refractivity contribution in [3.63, 3.8) is 0 Å². The van der Waals surface area contributed by atoms with Gasteiger partial charge in [0.1, 0.15) is 4.88 Å². The molecule has 0 saturated carbocycles. The van der Waals surface area contributed by atoms with Gasteiger partial charge in [-0.3, -0.25) is 9.78 Å². The predicted molar refractivity (Wildman–Crippen MR) is 79.2 cm³/mol. The first-order valence-corrected chi connectivity index (χ1v) is 7.15. The fraction of sp³-hybridized carbons (Fsp3) is 0.200. The molecule has 0 aliphatic heterocycles. The van der Waals surface area contributed by atoms with Gasteiger partial charge < -0.3 is 0 Å². The molecule has 1 aromatic carbocycles. The van der Waals surface area contributed by atoms with Crippen molar-refractivity contribution in [2.45, 2.75) is 19.8 Å². The highest BCUT2D eigenvalue weighted by Gasteiger charge is 2.21. The first-order valence-electron chi connectivity index (χ1n) is 6.38. The molecule has 2 heterocycles. The van der Waals surface area contributed by atoms with Gasteiger partial charge in [0, 0.05) is 23.3 Å². The summed E-state index contributed by atoms with van der Waals surface area (Å²) in [5.74, 6) is 0.156. The van der Waals surface area contributed by atoms with Crippen molar-refractivity contribution in [3.8, 4) is 0 Å². The van der Waals surface area contributed by atoms with Crippen LogP contribution in [0.1, 0.15) is 40.7 Å². The Morgan fingerprint density at radius 2 is 2.10 bits per heavy atom. The Hall–Kier alpha value is -2.14. The van der Waals surface area contributed by atoms with Gasteiger partial charge in [0.05, 0.1) is 5.69 Å². The maximum atomic E-state index is 12.7. The van der Waals surface area contributed by atoms with E-state index in [1.54, 1.807) is 12.4 Å². The Kier molecular flexibility index (Phi) is 3.28. The number of pyridine rings is 1. The van der Waals surface area contributed by atoms with E-state index >= 15 is 0 Å². The Morgan fingerprint density at radius 1 is 1.25 bits per heavy atom. The van der Waals surface area contributed by atoms with Crippen LogP contribution in [-0.4, -0.2) is 20.4 Å². The number of rotatable bonds is 3. The van der Waals surface area contributed by atoms with Gasteiger partial charge in [-0.2, -0.15) is 0 Å². The summed E-state index contributed by atoms with van der Waals surface area (Å²) in [6.45, 7) is 4.02. The molecule has 100 valence electrons. The lowest BCUT2D eigenvalue weighted by atomic mass is 9.99. The molecule has 0 fully saturated rings. The molecule has 3 aromatic rings. The molecule has 0 amide bonds. The van der Waals surface area contributed by atoms with Crippen LogP contribution in [0.15, 0.2) is 36.7 Å². The van der Waals surface area contributed by atoms with E-state index in [4.69, 9.17) is 0 Å². The lowest BCUT2D eigenvalue weighted by molar-refractivity contribution is 0.104. The minimum Gasteiger partial charge on any atom is -0.288 e. The number of aromatic nitrogens is 3. The molecule has 2 aromatic heterocycles. The Bertz CT molecular complexity index is 774. The molecule has 20 heavy (non-hydrogen) atoms. The molecule has 4 nitrogen and oxygen atoms in total. The Labute approximate surface area is 120 Å². The SMILES string of the molecule is CC(C)c1nnsc1C(=O)c1cccc2ccncc12. The zero-order chi connectivity index (χ0) is 14.1. The van der Waals surface area contributed by atoms with Crippen LogP contribution in [0.5, 0.6) is 0 Å². The average molecular weight is 283 g/mol. The highest BCUT2D eigenvalue weighted by atomic mass is 32.1. The first-order chi connectivity index (χ1) is 9.68. The van der Waals surface area contributed by atoms with E-state index in [-0.39, 0.29) is 11.7 Å². The third-order valence-corrected chi connectivity index (χ3v) is 3.94. The quantitative estimate of drug-likeness (QED) is 0.691. The summed E-state index contributed by atoms with van der Waals surface area (Å²) in [5, 5.41) is 5.95. The van der Waals surface area contributed by atoms with Crippen LogP contribution < -0.4 is 0 Å². The average Bonchev–Trinajstić information content (AvgIpc) is 2.95. The summed E-state index contributed by atoms with van der Waals surface area (Å²) in [4.78, 5) is 17.5. The van der Waals surface area contributed by atoms with Crippen molar-refractivity contribution >= 4 is 28.1 Å². The Balaban J connectivity index is 2.16. The van der Waals surface area contributed by atoms with Crippen LogP contribution in [-0.2, 0) is 0 Å². The highest BCUT2D eigenvalue weighted by Crippen LogP contribution is 2.26. The summed E-state index contributed by atoms with van der Waals surface area (Å²) < 4.78 is 3.93. The molecule has 5 heteroatoms.